The minimum atomic E-state index is -0.164. The van der Waals surface area contributed by atoms with Crippen LogP contribution >= 0.6 is 11.6 Å². The SMILES string of the molecule is O=C(CCC1CCNC1)NCCNC(=O)c1ccc(Cl)cc1. The van der Waals surface area contributed by atoms with Crippen molar-refractivity contribution in [3.8, 4) is 0 Å². The molecular weight excluding hydrogens is 302 g/mol. The molecule has 1 aliphatic heterocycles. The molecule has 1 unspecified atom stereocenters. The standard InChI is InChI=1S/C16H22ClN3O2/c17-14-4-2-13(3-5-14)16(22)20-10-9-19-15(21)6-1-12-7-8-18-11-12/h2-5,12,18H,1,6-11H2,(H,19,21)(H,20,22). The predicted molar refractivity (Wildman–Crippen MR) is 87.0 cm³/mol. The first-order valence-electron chi connectivity index (χ1n) is 7.66. The molecule has 1 aromatic rings. The van der Waals surface area contributed by atoms with Crippen LogP contribution in [-0.2, 0) is 4.79 Å². The molecule has 0 bridgehead atoms. The molecular formula is C16H22ClN3O2. The maximum atomic E-state index is 11.8. The zero-order valence-corrected chi connectivity index (χ0v) is 13.3. The molecule has 0 aliphatic carbocycles. The first-order chi connectivity index (χ1) is 10.6. The number of benzene rings is 1. The molecule has 0 radical (unpaired) electrons. The van der Waals surface area contributed by atoms with Crippen LogP contribution in [0.5, 0.6) is 0 Å². The maximum absolute atomic E-state index is 11.8. The van der Waals surface area contributed by atoms with E-state index in [4.69, 9.17) is 11.6 Å². The summed E-state index contributed by atoms with van der Waals surface area (Å²) in [4.78, 5) is 23.5. The monoisotopic (exact) mass is 323 g/mol. The smallest absolute Gasteiger partial charge is 0.251 e. The van der Waals surface area contributed by atoms with Crippen LogP contribution in [0.1, 0.15) is 29.6 Å². The predicted octanol–water partition coefficient (Wildman–Crippen LogP) is 1.58. The largest absolute Gasteiger partial charge is 0.354 e. The average molecular weight is 324 g/mol. The van der Waals surface area contributed by atoms with Gasteiger partial charge in [-0.15, -0.1) is 0 Å². The number of hydrogen-bond acceptors (Lipinski definition) is 3. The zero-order chi connectivity index (χ0) is 15.8. The van der Waals surface area contributed by atoms with Crippen LogP contribution in [0.3, 0.4) is 0 Å². The van der Waals surface area contributed by atoms with Crippen molar-refractivity contribution in [1.29, 1.82) is 0 Å². The first-order valence-corrected chi connectivity index (χ1v) is 8.04. The zero-order valence-electron chi connectivity index (χ0n) is 12.5. The van der Waals surface area contributed by atoms with Crippen LogP contribution in [0.15, 0.2) is 24.3 Å². The molecule has 1 aromatic carbocycles. The van der Waals surface area contributed by atoms with E-state index in [-0.39, 0.29) is 11.8 Å². The van der Waals surface area contributed by atoms with Crippen LogP contribution in [0.2, 0.25) is 5.02 Å². The van der Waals surface area contributed by atoms with E-state index in [1.807, 2.05) is 0 Å². The molecule has 0 saturated carbocycles. The van der Waals surface area contributed by atoms with Gasteiger partial charge >= 0.3 is 0 Å². The Labute approximate surface area is 135 Å². The van der Waals surface area contributed by atoms with Crippen molar-refractivity contribution >= 4 is 23.4 Å². The first kappa shape index (κ1) is 16.8. The second-order valence-corrected chi connectivity index (χ2v) is 5.95. The van der Waals surface area contributed by atoms with Crippen molar-refractivity contribution < 1.29 is 9.59 Å². The number of carbonyl (C=O) groups is 2. The van der Waals surface area contributed by atoms with E-state index in [9.17, 15) is 9.59 Å². The third-order valence-electron chi connectivity index (χ3n) is 3.78. The maximum Gasteiger partial charge on any atom is 0.251 e. The highest BCUT2D eigenvalue weighted by Gasteiger charge is 2.15. The summed E-state index contributed by atoms with van der Waals surface area (Å²) >= 11 is 5.77. The van der Waals surface area contributed by atoms with E-state index < -0.39 is 0 Å². The van der Waals surface area contributed by atoms with E-state index in [0.717, 1.165) is 25.9 Å². The Bertz CT molecular complexity index is 499. The van der Waals surface area contributed by atoms with Crippen LogP contribution in [0, 0.1) is 5.92 Å². The normalized spacial score (nSPS) is 17.2. The third kappa shape index (κ3) is 5.66. The van der Waals surface area contributed by atoms with E-state index >= 15 is 0 Å². The second kappa shape index (κ2) is 8.76. The lowest BCUT2D eigenvalue weighted by molar-refractivity contribution is -0.121. The minimum Gasteiger partial charge on any atom is -0.354 e. The quantitative estimate of drug-likeness (QED) is 0.667. The molecule has 6 heteroatoms. The Morgan fingerprint density at radius 2 is 1.91 bits per heavy atom. The summed E-state index contributed by atoms with van der Waals surface area (Å²) in [5, 5.41) is 9.48. The van der Waals surface area contributed by atoms with Crippen LogP contribution in [-0.4, -0.2) is 38.0 Å². The van der Waals surface area contributed by atoms with Gasteiger partial charge in [-0.3, -0.25) is 9.59 Å². The van der Waals surface area contributed by atoms with Crippen molar-refractivity contribution in [1.82, 2.24) is 16.0 Å². The summed E-state index contributed by atoms with van der Waals surface area (Å²) in [5.41, 5.74) is 0.560. The molecule has 0 spiro atoms. The molecule has 1 saturated heterocycles. The van der Waals surface area contributed by atoms with Gasteiger partial charge in [0, 0.05) is 30.1 Å². The molecule has 2 amide bonds. The fourth-order valence-corrected chi connectivity index (χ4v) is 2.59. The summed E-state index contributed by atoms with van der Waals surface area (Å²) in [6.07, 6.45) is 2.64. The van der Waals surface area contributed by atoms with E-state index in [1.165, 1.54) is 0 Å². The molecule has 1 heterocycles. The van der Waals surface area contributed by atoms with Crippen LogP contribution in [0.25, 0.3) is 0 Å². The van der Waals surface area contributed by atoms with Gasteiger partial charge in [0.15, 0.2) is 0 Å². The van der Waals surface area contributed by atoms with Crippen molar-refractivity contribution in [3.05, 3.63) is 34.9 Å². The number of nitrogens with one attached hydrogen (secondary N) is 3. The second-order valence-electron chi connectivity index (χ2n) is 5.51. The van der Waals surface area contributed by atoms with Gasteiger partial charge in [0.25, 0.3) is 5.91 Å². The minimum absolute atomic E-state index is 0.0487. The lowest BCUT2D eigenvalue weighted by Crippen LogP contribution is -2.34. The van der Waals surface area contributed by atoms with Gasteiger partial charge in [0.05, 0.1) is 0 Å². The Hall–Kier alpha value is -1.59. The Morgan fingerprint density at radius 3 is 2.59 bits per heavy atom. The molecule has 1 fully saturated rings. The Balaban J connectivity index is 1.57. The molecule has 1 aliphatic rings. The fraction of sp³-hybridized carbons (Fsp3) is 0.500. The molecule has 3 N–H and O–H groups in total. The lowest BCUT2D eigenvalue weighted by atomic mass is 10.0. The van der Waals surface area contributed by atoms with E-state index in [1.54, 1.807) is 24.3 Å². The summed E-state index contributed by atoms with van der Waals surface area (Å²) < 4.78 is 0. The van der Waals surface area contributed by atoms with Gasteiger partial charge in [-0.1, -0.05) is 11.6 Å². The number of halogens is 1. The van der Waals surface area contributed by atoms with Gasteiger partial charge in [-0.05, 0) is 56.1 Å². The summed E-state index contributed by atoms with van der Waals surface area (Å²) in [5.74, 6) is 0.506. The molecule has 1 atom stereocenters. The number of hydrogen-bond donors (Lipinski definition) is 3. The highest BCUT2D eigenvalue weighted by Crippen LogP contribution is 2.13. The van der Waals surface area contributed by atoms with Crippen molar-refractivity contribution in [2.24, 2.45) is 5.92 Å². The van der Waals surface area contributed by atoms with E-state index in [2.05, 4.69) is 16.0 Å². The van der Waals surface area contributed by atoms with Crippen LogP contribution in [0.4, 0.5) is 0 Å². The molecule has 5 nitrogen and oxygen atoms in total. The highest BCUT2D eigenvalue weighted by atomic mass is 35.5. The van der Waals surface area contributed by atoms with Crippen molar-refractivity contribution in [3.63, 3.8) is 0 Å². The van der Waals surface area contributed by atoms with Gasteiger partial charge in [0.1, 0.15) is 0 Å². The third-order valence-corrected chi connectivity index (χ3v) is 4.03. The lowest BCUT2D eigenvalue weighted by Gasteiger charge is -2.09. The Kier molecular flexibility index (Phi) is 6.68. The van der Waals surface area contributed by atoms with Crippen LogP contribution < -0.4 is 16.0 Å². The number of carbonyl (C=O) groups excluding carboxylic acids is 2. The average Bonchev–Trinajstić information content (AvgIpc) is 3.03. The highest BCUT2D eigenvalue weighted by molar-refractivity contribution is 6.30. The Morgan fingerprint density at radius 1 is 1.18 bits per heavy atom. The molecule has 0 aromatic heterocycles. The summed E-state index contributed by atoms with van der Waals surface area (Å²) in [6.45, 7) is 2.94. The van der Waals surface area contributed by atoms with Gasteiger partial charge in [-0.2, -0.15) is 0 Å². The molecule has 120 valence electrons. The molecule has 2 rings (SSSR count). The molecule has 22 heavy (non-hydrogen) atoms. The number of amides is 2. The summed E-state index contributed by atoms with van der Waals surface area (Å²) in [6, 6.07) is 6.70. The topological polar surface area (TPSA) is 70.2 Å². The van der Waals surface area contributed by atoms with Crippen molar-refractivity contribution in [2.45, 2.75) is 19.3 Å². The summed E-state index contributed by atoms with van der Waals surface area (Å²) in [7, 11) is 0. The fourth-order valence-electron chi connectivity index (χ4n) is 2.47. The van der Waals surface area contributed by atoms with E-state index in [0.29, 0.717) is 36.0 Å². The van der Waals surface area contributed by atoms with Gasteiger partial charge in [-0.25, -0.2) is 0 Å². The van der Waals surface area contributed by atoms with Crippen molar-refractivity contribution in [2.75, 3.05) is 26.2 Å². The van der Waals surface area contributed by atoms with Gasteiger partial charge in [0.2, 0.25) is 5.91 Å². The van der Waals surface area contributed by atoms with Gasteiger partial charge < -0.3 is 16.0 Å². The number of rotatable bonds is 7.